The van der Waals surface area contributed by atoms with Gasteiger partial charge in [0, 0.05) is 11.6 Å². The molecule has 1 heterocycles. The fraction of sp³-hybridized carbons (Fsp3) is 0. The van der Waals surface area contributed by atoms with Gasteiger partial charge in [0.1, 0.15) is 11.0 Å². The average Bonchev–Trinajstić information content (AvgIpc) is 2.53. The number of nitrogens with zero attached hydrogens (tertiary/aromatic N) is 2. The maximum absolute atomic E-state index is 12.5. The van der Waals surface area contributed by atoms with E-state index in [-0.39, 0.29) is 5.56 Å². The molecule has 0 fully saturated rings. The topological polar surface area (TPSA) is 157 Å². The number of aromatic hydroxyl groups is 2. The molecule has 10 nitrogen and oxygen atoms in total. The summed E-state index contributed by atoms with van der Waals surface area (Å²) in [5.74, 6) is -2.53. The number of fused-ring (bicyclic) bond motifs is 1. The summed E-state index contributed by atoms with van der Waals surface area (Å²) in [5, 5.41) is 41.2. The zero-order valence-electron chi connectivity index (χ0n) is 12.2. The molecule has 0 unspecified atom stereocenters. The minimum Gasteiger partial charge on any atom is -0.502 e. The Morgan fingerprint density at radius 3 is 2.12 bits per heavy atom. The molecule has 3 rings (SSSR count). The van der Waals surface area contributed by atoms with Crippen molar-refractivity contribution in [3.63, 3.8) is 0 Å². The fourth-order valence-electron chi connectivity index (χ4n) is 2.43. The molecule has 0 amide bonds. The van der Waals surface area contributed by atoms with Crippen molar-refractivity contribution >= 4 is 22.3 Å². The van der Waals surface area contributed by atoms with E-state index in [0.717, 1.165) is 6.07 Å². The molecule has 0 aliphatic carbocycles. The zero-order valence-corrected chi connectivity index (χ0v) is 12.2. The number of nitro groups is 2. The van der Waals surface area contributed by atoms with Crippen LogP contribution in [-0.2, 0) is 0 Å². The van der Waals surface area contributed by atoms with E-state index in [9.17, 15) is 35.2 Å². The van der Waals surface area contributed by atoms with Crippen LogP contribution < -0.4 is 5.43 Å². The molecule has 0 aliphatic heterocycles. The van der Waals surface area contributed by atoms with Gasteiger partial charge in [-0.2, -0.15) is 0 Å². The summed E-state index contributed by atoms with van der Waals surface area (Å²) in [6.45, 7) is 0. The number of phenols is 2. The van der Waals surface area contributed by atoms with Crippen LogP contribution in [0.4, 0.5) is 11.4 Å². The van der Waals surface area contributed by atoms with E-state index in [1.807, 2.05) is 0 Å². The molecule has 2 N–H and O–H groups in total. The Morgan fingerprint density at radius 1 is 0.960 bits per heavy atom. The lowest BCUT2D eigenvalue weighted by molar-refractivity contribution is -0.387. The number of benzene rings is 2. The molecule has 25 heavy (non-hydrogen) atoms. The maximum atomic E-state index is 12.5. The standard InChI is InChI=1S/C15H8N2O8/c18-8-6-9-10(13(19)11(8)16(21)22)14(20)12(17(23)24)15(25-9)7-4-2-1-3-5-7/h1-6,18-19H. The highest BCUT2D eigenvalue weighted by Gasteiger charge is 2.32. The molecule has 0 saturated heterocycles. The van der Waals surface area contributed by atoms with Crippen LogP contribution in [0, 0.1) is 20.2 Å². The number of phenolic OH excluding ortho intramolecular Hbond substituents is 2. The predicted octanol–water partition coefficient (Wildman–Crippen LogP) is 2.69. The first-order valence-corrected chi connectivity index (χ1v) is 6.73. The summed E-state index contributed by atoms with van der Waals surface area (Å²) < 4.78 is 5.33. The van der Waals surface area contributed by atoms with Crippen LogP contribution in [0.5, 0.6) is 11.5 Å². The van der Waals surface area contributed by atoms with E-state index in [1.54, 1.807) is 18.2 Å². The van der Waals surface area contributed by atoms with Crippen molar-refractivity contribution in [2.45, 2.75) is 0 Å². The van der Waals surface area contributed by atoms with Crippen LogP contribution in [0.2, 0.25) is 0 Å². The maximum Gasteiger partial charge on any atom is 0.359 e. The van der Waals surface area contributed by atoms with E-state index < -0.39 is 54.9 Å². The van der Waals surface area contributed by atoms with Crippen LogP contribution >= 0.6 is 0 Å². The Hall–Kier alpha value is -3.95. The molecule has 3 aromatic rings. The highest BCUT2D eigenvalue weighted by atomic mass is 16.6. The Kier molecular flexibility index (Phi) is 3.57. The summed E-state index contributed by atoms with van der Waals surface area (Å²) in [6, 6.07) is 8.45. The molecule has 0 radical (unpaired) electrons. The van der Waals surface area contributed by atoms with Crippen molar-refractivity contribution in [2.24, 2.45) is 0 Å². The van der Waals surface area contributed by atoms with E-state index in [4.69, 9.17) is 4.42 Å². The van der Waals surface area contributed by atoms with Crippen LogP contribution in [0.1, 0.15) is 0 Å². The third-order valence-corrected chi connectivity index (χ3v) is 3.49. The van der Waals surface area contributed by atoms with Gasteiger partial charge in [-0.25, -0.2) is 0 Å². The van der Waals surface area contributed by atoms with Gasteiger partial charge in [-0.05, 0) is 0 Å². The zero-order chi connectivity index (χ0) is 18.3. The van der Waals surface area contributed by atoms with Crippen molar-refractivity contribution in [1.29, 1.82) is 0 Å². The SMILES string of the molecule is O=c1c([N+](=O)[O-])c(-c2ccccc2)oc2cc(O)c([N+](=O)[O-])c(O)c12. The van der Waals surface area contributed by atoms with Crippen molar-refractivity contribution < 1.29 is 24.5 Å². The molecule has 0 bridgehead atoms. The second kappa shape index (κ2) is 5.60. The summed E-state index contributed by atoms with van der Waals surface area (Å²) in [4.78, 5) is 32.7. The molecule has 10 heteroatoms. The molecular formula is C15H8N2O8. The molecular weight excluding hydrogens is 336 g/mol. The van der Waals surface area contributed by atoms with Gasteiger partial charge in [-0.15, -0.1) is 0 Å². The normalized spacial score (nSPS) is 10.7. The molecule has 0 spiro atoms. The number of hydrogen-bond acceptors (Lipinski definition) is 8. The van der Waals surface area contributed by atoms with Gasteiger partial charge >= 0.3 is 11.4 Å². The largest absolute Gasteiger partial charge is 0.502 e. The van der Waals surface area contributed by atoms with Crippen LogP contribution in [0.3, 0.4) is 0 Å². The lowest BCUT2D eigenvalue weighted by Crippen LogP contribution is -2.11. The fourth-order valence-corrected chi connectivity index (χ4v) is 2.43. The summed E-state index contributed by atoms with van der Waals surface area (Å²) >= 11 is 0. The van der Waals surface area contributed by atoms with Crippen LogP contribution in [0.15, 0.2) is 45.6 Å². The minimum absolute atomic E-state index is 0.213. The molecule has 0 atom stereocenters. The summed E-state index contributed by atoms with van der Waals surface area (Å²) in [5.41, 5.74) is -3.58. The molecule has 2 aromatic carbocycles. The van der Waals surface area contributed by atoms with Gasteiger partial charge in [0.2, 0.25) is 17.3 Å². The minimum atomic E-state index is -1.26. The predicted molar refractivity (Wildman–Crippen MR) is 84.6 cm³/mol. The molecule has 1 aromatic heterocycles. The second-order valence-corrected chi connectivity index (χ2v) is 4.96. The van der Waals surface area contributed by atoms with E-state index in [2.05, 4.69) is 0 Å². The van der Waals surface area contributed by atoms with Gasteiger partial charge in [-0.3, -0.25) is 25.0 Å². The van der Waals surface area contributed by atoms with Gasteiger partial charge in [-0.1, -0.05) is 30.3 Å². The average molecular weight is 344 g/mol. The van der Waals surface area contributed by atoms with Gasteiger partial charge in [0.15, 0.2) is 0 Å². The van der Waals surface area contributed by atoms with Gasteiger partial charge in [0.25, 0.3) is 5.43 Å². The first kappa shape index (κ1) is 15.9. The monoisotopic (exact) mass is 344 g/mol. The Bertz CT molecular complexity index is 1090. The highest BCUT2D eigenvalue weighted by Crippen LogP contribution is 2.42. The first-order chi connectivity index (χ1) is 11.8. The molecule has 126 valence electrons. The highest BCUT2D eigenvalue weighted by molar-refractivity contribution is 5.93. The second-order valence-electron chi connectivity index (χ2n) is 4.96. The Balaban J connectivity index is 2.52. The number of hydrogen-bond donors (Lipinski definition) is 2. The third-order valence-electron chi connectivity index (χ3n) is 3.49. The molecule has 0 saturated carbocycles. The third kappa shape index (κ3) is 2.41. The van der Waals surface area contributed by atoms with Crippen LogP contribution in [-0.4, -0.2) is 20.1 Å². The van der Waals surface area contributed by atoms with Crippen LogP contribution in [0.25, 0.3) is 22.3 Å². The first-order valence-electron chi connectivity index (χ1n) is 6.73. The van der Waals surface area contributed by atoms with Crippen molar-refractivity contribution in [1.82, 2.24) is 0 Å². The van der Waals surface area contributed by atoms with Crippen molar-refractivity contribution in [2.75, 3.05) is 0 Å². The number of nitro benzene ring substituents is 1. The van der Waals surface area contributed by atoms with E-state index >= 15 is 0 Å². The lowest BCUT2D eigenvalue weighted by atomic mass is 10.1. The van der Waals surface area contributed by atoms with E-state index in [0.29, 0.717) is 0 Å². The summed E-state index contributed by atoms with van der Waals surface area (Å²) in [6.07, 6.45) is 0. The van der Waals surface area contributed by atoms with E-state index in [1.165, 1.54) is 12.1 Å². The smallest absolute Gasteiger partial charge is 0.359 e. The Morgan fingerprint density at radius 2 is 1.56 bits per heavy atom. The quantitative estimate of drug-likeness (QED) is 0.542. The van der Waals surface area contributed by atoms with Crippen molar-refractivity contribution in [3.05, 3.63) is 66.9 Å². The summed E-state index contributed by atoms with van der Waals surface area (Å²) in [7, 11) is 0. The van der Waals surface area contributed by atoms with Gasteiger partial charge < -0.3 is 14.6 Å². The van der Waals surface area contributed by atoms with Crippen molar-refractivity contribution in [3.8, 4) is 22.8 Å². The molecule has 0 aliphatic rings. The Labute approximate surface area is 137 Å². The van der Waals surface area contributed by atoms with Gasteiger partial charge in [0.05, 0.1) is 9.85 Å². The lowest BCUT2D eigenvalue weighted by Gasteiger charge is -2.07. The number of rotatable bonds is 3.